The van der Waals surface area contributed by atoms with Gasteiger partial charge in [0, 0.05) is 13.5 Å². The summed E-state index contributed by atoms with van der Waals surface area (Å²) >= 11 is 0. The molecule has 0 aliphatic rings. The van der Waals surface area contributed by atoms with E-state index in [0.29, 0.717) is 6.54 Å². The Morgan fingerprint density at radius 1 is 1.58 bits per heavy atom. The molecule has 0 unspecified atom stereocenters. The highest BCUT2D eigenvalue weighted by molar-refractivity contribution is 5.73. The molecule has 2 heteroatoms. The molecule has 0 aliphatic carbocycles. The highest BCUT2D eigenvalue weighted by Crippen LogP contribution is 1.93. The van der Waals surface area contributed by atoms with E-state index in [4.69, 9.17) is 0 Å². The summed E-state index contributed by atoms with van der Waals surface area (Å²) < 4.78 is 0. The predicted molar refractivity (Wildman–Crippen MR) is 51.8 cm³/mol. The molecule has 1 N–H and O–H groups in total. The maximum absolute atomic E-state index is 10.5. The van der Waals surface area contributed by atoms with Crippen LogP contribution < -0.4 is 5.32 Å². The van der Waals surface area contributed by atoms with Gasteiger partial charge in [-0.15, -0.1) is 0 Å². The lowest BCUT2D eigenvalue weighted by atomic mass is 10.2. The molecule has 66 valence electrons. The van der Waals surface area contributed by atoms with Gasteiger partial charge in [0.05, 0.1) is 0 Å². The first-order valence-corrected chi connectivity index (χ1v) is 3.89. The molecule has 0 saturated carbocycles. The first kappa shape index (κ1) is 10.7. The zero-order valence-corrected chi connectivity index (χ0v) is 7.63. The molecule has 0 heterocycles. The fraction of sp³-hybridized carbons (Fsp3) is 0.300. The van der Waals surface area contributed by atoms with Crippen molar-refractivity contribution in [2.24, 2.45) is 0 Å². The van der Waals surface area contributed by atoms with Crippen LogP contribution >= 0.6 is 0 Å². The Morgan fingerprint density at radius 2 is 2.25 bits per heavy atom. The topological polar surface area (TPSA) is 29.1 Å². The van der Waals surface area contributed by atoms with E-state index in [1.807, 2.05) is 25.2 Å². The van der Waals surface area contributed by atoms with Crippen LogP contribution in [0.5, 0.6) is 0 Å². The Labute approximate surface area is 73.7 Å². The number of rotatable bonds is 4. The van der Waals surface area contributed by atoms with Crippen molar-refractivity contribution in [1.82, 2.24) is 5.32 Å². The first-order chi connectivity index (χ1) is 5.70. The lowest BCUT2D eigenvalue weighted by molar-refractivity contribution is -0.118. The van der Waals surface area contributed by atoms with Crippen LogP contribution in [0.4, 0.5) is 0 Å². The molecule has 0 rings (SSSR count). The molecule has 0 aromatic rings. The molecule has 0 saturated heterocycles. The van der Waals surface area contributed by atoms with Gasteiger partial charge in [0.2, 0.25) is 5.91 Å². The average Bonchev–Trinajstić information content (AvgIpc) is 2.05. The molecule has 2 nitrogen and oxygen atoms in total. The Balaban J connectivity index is 3.99. The van der Waals surface area contributed by atoms with E-state index in [1.54, 1.807) is 6.08 Å². The van der Waals surface area contributed by atoms with Crippen LogP contribution in [0.25, 0.3) is 0 Å². The van der Waals surface area contributed by atoms with Gasteiger partial charge in [-0.25, -0.2) is 0 Å². The summed E-state index contributed by atoms with van der Waals surface area (Å²) in [6, 6.07) is 0. The molecule has 0 radical (unpaired) electrons. The second-order valence-electron chi connectivity index (χ2n) is 2.38. The van der Waals surface area contributed by atoms with Crippen LogP contribution in [0.2, 0.25) is 0 Å². The minimum atomic E-state index is -0.0248. The molecule has 0 aliphatic heterocycles. The van der Waals surface area contributed by atoms with Gasteiger partial charge < -0.3 is 5.32 Å². The molecular formula is C10H15NO. The van der Waals surface area contributed by atoms with E-state index >= 15 is 0 Å². The fourth-order valence-corrected chi connectivity index (χ4v) is 0.645. The lowest BCUT2D eigenvalue weighted by Crippen LogP contribution is -2.21. The van der Waals surface area contributed by atoms with Gasteiger partial charge in [-0.3, -0.25) is 4.79 Å². The molecule has 1 amide bonds. The Hall–Kier alpha value is -1.31. The zero-order chi connectivity index (χ0) is 9.40. The van der Waals surface area contributed by atoms with Gasteiger partial charge in [0.1, 0.15) is 0 Å². The van der Waals surface area contributed by atoms with Gasteiger partial charge in [-0.1, -0.05) is 30.9 Å². The van der Waals surface area contributed by atoms with Gasteiger partial charge in [-0.05, 0) is 12.5 Å². The number of hydrogen-bond acceptors (Lipinski definition) is 1. The minimum Gasteiger partial charge on any atom is -0.352 e. The summed E-state index contributed by atoms with van der Waals surface area (Å²) in [5.74, 6) is -0.0248. The highest BCUT2D eigenvalue weighted by atomic mass is 16.1. The van der Waals surface area contributed by atoms with Crippen molar-refractivity contribution in [2.75, 3.05) is 6.54 Å². The number of amides is 1. The number of allylic oxidation sites excluding steroid dienone is 3. The van der Waals surface area contributed by atoms with E-state index in [0.717, 1.165) is 5.57 Å². The number of nitrogens with one attached hydrogen (secondary N) is 1. The van der Waals surface area contributed by atoms with Crippen molar-refractivity contribution in [3.05, 3.63) is 36.5 Å². The summed E-state index contributed by atoms with van der Waals surface area (Å²) in [5, 5.41) is 2.69. The van der Waals surface area contributed by atoms with Gasteiger partial charge in [-0.2, -0.15) is 0 Å². The molecule has 12 heavy (non-hydrogen) atoms. The molecule has 0 fully saturated rings. The van der Waals surface area contributed by atoms with Crippen LogP contribution in [0, 0.1) is 0 Å². The lowest BCUT2D eigenvalue weighted by Gasteiger charge is -2.00. The minimum absolute atomic E-state index is 0.0248. The van der Waals surface area contributed by atoms with E-state index in [-0.39, 0.29) is 5.91 Å². The van der Waals surface area contributed by atoms with Crippen LogP contribution in [-0.4, -0.2) is 12.5 Å². The predicted octanol–water partition coefficient (Wildman–Crippen LogP) is 1.81. The van der Waals surface area contributed by atoms with Crippen molar-refractivity contribution in [1.29, 1.82) is 0 Å². The smallest absolute Gasteiger partial charge is 0.217 e. The van der Waals surface area contributed by atoms with E-state index < -0.39 is 0 Å². The molecular weight excluding hydrogens is 150 g/mol. The molecule has 0 atom stereocenters. The summed E-state index contributed by atoms with van der Waals surface area (Å²) in [4.78, 5) is 10.5. The Kier molecular flexibility index (Phi) is 5.70. The third-order valence-corrected chi connectivity index (χ3v) is 1.31. The van der Waals surface area contributed by atoms with E-state index in [2.05, 4.69) is 11.9 Å². The fourth-order valence-electron chi connectivity index (χ4n) is 0.645. The Morgan fingerprint density at radius 3 is 2.67 bits per heavy atom. The first-order valence-electron chi connectivity index (χ1n) is 3.89. The second-order valence-corrected chi connectivity index (χ2v) is 2.38. The average molecular weight is 165 g/mol. The van der Waals surface area contributed by atoms with Crippen LogP contribution in [0.3, 0.4) is 0 Å². The quantitative estimate of drug-likeness (QED) is 0.632. The van der Waals surface area contributed by atoms with Crippen molar-refractivity contribution >= 4 is 5.91 Å². The second kappa shape index (κ2) is 6.40. The largest absolute Gasteiger partial charge is 0.352 e. The number of hydrogen-bond donors (Lipinski definition) is 1. The standard InChI is InChI=1S/C10H15NO/c1-4-6-7-10(5-2)8-11-9(3)12/h4-7H,2,8H2,1,3H3,(H,11,12)/b6-4-,10-7+. The van der Waals surface area contributed by atoms with Crippen LogP contribution in [0.1, 0.15) is 13.8 Å². The maximum atomic E-state index is 10.5. The van der Waals surface area contributed by atoms with Gasteiger partial charge >= 0.3 is 0 Å². The summed E-state index contributed by atoms with van der Waals surface area (Å²) in [5.41, 5.74) is 1.00. The van der Waals surface area contributed by atoms with Crippen molar-refractivity contribution < 1.29 is 4.79 Å². The number of carbonyl (C=O) groups excluding carboxylic acids is 1. The third kappa shape index (κ3) is 5.47. The number of carbonyl (C=O) groups is 1. The summed E-state index contributed by atoms with van der Waals surface area (Å²) in [7, 11) is 0. The van der Waals surface area contributed by atoms with Crippen molar-refractivity contribution in [3.8, 4) is 0 Å². The zero-order valence-electron chi connectivity index (χ0n) is 7.63. The summed E-state index contributed by atoms with van der Waals surface area (Å²) in [6.07, 6.45) is 7.50. The molecule has 0 spiro atoms. The molecule has 0 bridgehead atoms. The van der Waals surface area contributed by atoms with E-state index in [1.165, 1.54) is 6.92 Å². The molecule has 0 aromatic carbocycles. The van der Waals surface area contributed by atoms with Gasteiger partial charge in [0.25, 0.3) is 0 Å². The van der Waals surface area contributed by atoms with E-state index in [9.17, 15) is 4.79 Å². The van der Waals surface area contributed by atoms with Crippen LogP contribution in [-0.2, 0) is 4.79 Å². The van der Waals surface area contributed by atoms with Crippen molar-refractivity contribution in [2.45, 2.75) is 13.8 Å². The SMILES string of the molecule is C=C/C(=C\C=C/C)CNC(C)=O. The molecule has 0 aromatic heterocycles. The van der Waals surface area contributed by atoms with Gasteiger partial charge in [0.15, 0.2) is 0 Å². The summed E-state index contributed by atoms with van der Waals surface area (Å²) in [6.45, 7) is 7.62. The maximum Gasteiger partial charge on any atom is 0.217 e. The Bertz CT molecular complexity index is 214. The van der Waals surface area contributed by atoms with Crippen molar-refractivity contribution in [3.63, 3.8) is 0 Å². The third-order valence-electron chi connectivity index (χ3n) is 1.31. The normalized spacial score (nSPS) is 11.7. The monoisotopic (exact) mass is 165 g/mol. The van der Waals surface area contributed by atoms with Crippen LogP contribution in [0.15, 0.2) is 36.5 Å². The highest BCUT2D eigenvalue weighted by Gasteiger charge is 1.91.